The monoisotopic (exact) mass is 373 g/mol. The van der Waals surface area contributed by atoms with Crippen LogP contribution < -0.4 is 5.32 Å². The first-order valence-corrected chi connectivity index (χ1v) is 8.87. The van der Waals surface area contributed by atoms with E-state index in [1.165, 1.54) is 11.8 Å². The Hall–Kier alpha value is -2.38. The maximum Gasteiger partial charge on any atom is 0.237 e. The van der Waals surface area contributed by atoms with Crippen LogP contribution in [0.1, 0.15) is 12.7 Å². The fraction of sp³-hybridized carbons (Fsp3) is 0.176. The van der Waals surface area contributed by atoms with Gasteiger partial charge in [0.1, 0.15) is 5.82 Å². The average molecular weight is 374 g/mol. The molecule has 128 valence electrons. The third kappa shape index (κ3) is 4.00. The van der Waals surface area contributed by atoms with Crippen LogP contribution in [-0.4, -0.2) is 30.9 Å². The first-order valence-electron chi connectivity index (χ1n) is 7.61. The number of hydrogen-bond acceptors (Lipinski definition) is 5. The Labute approximate surface area is 154 Å². The molecule has 0 radical (unpaired) electrons. The summed E-state index contributed by atoms with van der Waals surface area (Å²) in [6, 6.07) is 13.2. The van der Waals surface area contributed by atoms with Gasteiger partial charge in [0.05, 0.1) is 10.9 Å². The van der Waals surface area contributed by atoms with Crippen LogP contribution in [0.2, 0.25) is 5.15 Å². The molecule has 0 spiro atoms. The summed E-state index contributed by atoms with van der Waals surface area (Å²) in [4.78, 5) is 16.4. The summed E-state index contributed by atoms with van der Waals surface area (Å²) in [7, 11) is 0. The second-order valence-corrected chi connectivity index (χ2v) is 6.96. The van der Waals surface area contributed by atoms with Gasteiger partial charge in [-0.2, -0.15) is 0 Å². The standard InChI is InChI=1S/C17H16ClN5OS/c1-11(16(24)20-14-9-6-10-19-15(14)18)25-17-22-21-12(2)23(17)13-7-4-3-5-8-13/h3-11H,1-2H3,(H,20,24)/t11-/m1/s1. The maximum atomic E-state index is 12.4. The topological polar surface area (TPSA) is 72.7 Å². The molecule has 2 aromatic heterocycles. The van der Waals surface area contributed by atoms with E-state index in [2.05, 4.69) is 20.5 Å². The number of carbonyl (C=O) groups is 1. The van der Waals surface area contributed by atoms with Crippen molar-refractivity contribution in [3.63, 3.8) is 0 Å². The summed E-state index contributed by atoms with van der Waals surface area (Å²) in [5.41, 5.74) is 1.44. The lowest BCUT2D eigenvalue weighted by Crippen LogP contribution is -2.23. The molecule has 0 unspecified atom stereocenters. The highest BCUT2D eigenvalue weighted by atomic mass is 35.5. The fourth-order valence-electron chi connectivity index (χ4n) is 2.22. The first-order chi connectivity index (χ1) is 12.1. The van der Waals surface area contributed by atoms with E-state index in [4.69, 9.17) is 11.6 Å². The summed E-state index contributed by atoms with van der Waals surface area (Å²) >= 11 is 7.32. The normalized spacial score (nSPS) is 12.0. The molecule has 1 atom stereocenters. The van der Waals surface area contributed by atoms with E-state index in [9.17, 15) is 4.79 Å². The first kappa shape index (κ1) is 17.4. The molecule has 6 nitrogen and oxygen atoms in total. The number of hydrogen-bond donors (Lipinski definition) is 1. The number of amides is 1. The highest BCUT2D eigenvalue weighted by Crippen LogP contribution is 2.27. The predicted molar refractivity (Wildman–Crippen MR) is 99.3 cm³/mol. The van der Waals surface area contributed by atoms with Crippen LogP contribution in [0.4, 0.5) is 5.69 Å². The van der Waals surface area contributed by atoms with Crippen LogP contribution in [0.3, 0.4) is 0 Å². The van der Waals surface area contributed by atoms with E-state index >= 15 is 0 Å². The van der Waals surface area contributed by atoms with Crippen molar-refractivity contribution in [3.8, 4) is 5.69 Å². The Bertz CT molecular complexity index is 884. The van der Waals surface area contributed by atoms with E-state index in [-0.39, 0.29) is 16.3 Å². The number of anilines is 1. The van der Waals surface area contributed by atoms with Crippen LogP contribution in [0.15, 0.2) is 53.8 Å². The van der Waals surface area contributed by atoms with Crippen LogP contribution in [0.25, 0.3) is 5.69 Å². The Kier molecular flexibility index (Phi) is 5.35. The van der Waals surface area contributed by atoms with Crippen LogP contribution in [0.5, 0.6) is 0 Å². The second kappa shape index (κ2) is 7.67. The zero-order valence-electron chi connectivity index (χ0n) is 13.7. The molecule has 1 aromatic carbocycles. The summed E-state index contributed by atoms with van der Waals surface area (Å²) in [5.74, 6) is 0.580. The van der Waals surface area contributed by atoms with Crippen molar-refractivity contribution >= 4 is 35.0 Å². The molecule has 25 heavy (non-hydrogen) atoms. The van der Waals surface area contributed by atoms with Crippen molar-refractivity contribution in [1.82, 2.24) is 19.7 Å². The average Bonchev–Trinajstić information content (AvgIpc) is 2.98. The summed E-state index contributed by atoms with van der Waals surface area (Å²) in [6.45, 7) is 3.69. The van der Waals surface area contributed by atoms with Gasteiger partial charge in [-0.05, 0) is 38.1 Å². The molecule has 8 heteroatoms. The molecule has 0 fully saturated rings. The van der Waals surface area contributed by atoms with Crippen molar-refractivity contribution < 1.29 is 4.79 Å². The smallest absolute Gasteiger partial charge is 0.237 e. The van der Waals surface area contributed by atoms with Gasteiger partial charge in [0, 0.05) is 11.9 Å². The van der Waals surface area contributed by atoms with E-state index < -0.39 is 0 Å². The van der Waals surface area contributed by atoms with Crippen LogP contribution in [0, 0.1) is 6.92 Å². The number of nitrogens with zero attached hydrogens (tertiary/aromatic N) is 4. The van der Waals surface area contributed by atoms with Gasteiger partial charge in [-0.1, -0.05) is 41.6 Å². The second-order valence-electron chi connectivity index (χ2n) is 5.29. The Morgan fingerprint density at radius 3 is 2.68 bits per heavy atom. The molecule has 2 heterocycles. The van der Waals surface area contributed by atoms with Crippen molar-refractivity contribution in [2.24, 2.45) is 0 Å². The number of thioether (sulfide) groups is 1. The number of halogens is 1. The fourth-order valence-corrected chi connectivity index (χ4v) is 3.30. The highest BCUT2D eigenvalue weighted by molar-refractivity contribution is 8.00. The van der Waals surface area contributed by atoms with E-state index in [0.717, 1.165) is 11.5 Å². The zero-order valence-corrected chi connectivity index (χ0v) is 15.3. The molecule has 0 aliphatic carbocycles. The number of rotatable bonds is 5. The minimum atomic E-state index is -0.387. The summed E-state index contributed by atoms with van der Waals surface area (Å²) in [6.07, 6.45) is 1.57. The van der Waals surface area contributed by atoms with Gasteiger partial charge in [0.15, 0.2) is 10.3 Å². The lowest BCUT2D eigenvalue weighted by atomic mass is 10.3. The van der Waals surface area contributed by atoms with Gasteiger partial charge in [-0.15, -0.1) is 10.2 Å². The van der Waals surface area contributed by atoms with Crippen molar-refractivity contribution in [3.05, 3.63) is 59.6 Å². The largest absolute Gasteiger partial charge is 0.322 e. The van der Waals surface area contributed by atoms with Gasteiger partial charge in [0.25, 0.3) is 0 Å². The molecule has 1 amide bonds. The quantitative estimate of drug-likeness (QED) is 0.544. The van der Waals surface area contributed by atoms with Gasteiger partial charge >= 0.3 is 0 Å². The van der Waals surface area contributed by atoms with Gasteiger partial charge in [-0.25, -0.2) is 4.98 Å². The Balaban J connectivity index is 1.77. The minimum absolute atomic E-state index is 0.180. The van der Waals surface area contributed by atoms with Gasteiger partial charge in [-0.3, -0.25) is 9.36 Å². The third-order valence-electron chi connectivity index (χ3n) is 3.48. The molecular formula is C17H16ClN5OS. The molecule has 0 saturated heterocycles. The third-order valence-corrected chi connectivity index (χ3v) is 4.82. The molecule has 3 rings (SSSR count). The molecule has 0 saturated carbocycles. The molecule has 0 bridgehead atoms. The van der Waals surface area contributed by atoms with Gasteiger partial charge < -0.3 is 5.32 Å². The number of aromatic nitrogens is 4. The number of carbonyl (C=O) groups excluding carboxylic acids is 1. The predicted octanol–water partition coefficient (Wildman–Crippen LogP) is 3.74. The number of para-hydroxylation sites is 1. The lowest BCUT2D eigenvalue weighted by molar-refractivity contribution is -0.115. The zero-order chi connectivity index (χ0) is 17.8. The number of aryl methyl sites for hydroxylation is 1. The molecule has 3 aromatic rings. The van der Waals surface area contributed by atoms with E-state index in [0.29, 0.717) is 10.8 Å². The summed E-state index contributed by atoms with van der Waals surface area (Å²) < 4.78 is 1.92. The SMILES string of the molecule is Cc1nnc(S[C@H](C)C(=O)Nc2cccnc2Cl)n1-c1ccccc1. The van der Waals surface area contributed by atoms with Crippen molar-refractivity contribution in [2.75, 3.05) is 5.32 Å². The van der Waals surface area contributed by atoms with Crippen molar-refractivity contribution in [2.45, 2.75) is 24.3 Å². The lowest BCUT2D eigenvalue weighted by Gasteiger charge is -2.13. The maximum absolute atomic E-state index is 12.4. The van der Waals surface area contributed by atoms with Gasteiger partial charge in [0.2, 0.25) is 5.91 Å². The Morgan fingerprint density at radius 1 is 1.20 bits per heavy atom. The summed E-state index contributed by atoms with van der Waals surface area (Å²) in [5, 5.41) is 11.6. The Morgan fingerprint density at radius 2 is 1.96 bits per heavy atom. The molecular weight excluding hydrogens is 358 g/mol. The van der Waals surface area contributed by atoms with Crippen LogP contribution >= 0.6 is 23.4 Å². The van der Waals surface area contributed by atoms with E-state index in [1.54, 1.807) is 18.3 Å². The van der Waals surface area contributed by atoms with Crippen molar-refractivity contribution in [1.29, 1.82) is 0 Å². The van der Waals surface area contributed by atoms with Crippen LogP contribution in [-0.2, 0) is 4.79 Å². The molecule has 0 aliphatic rings. The highest BCUT2D eigenvalue weighted by Gasteiger charge is 2.20. The van der Waals surface area contributed by atoms with E-state index in [1.807, 2.05) is 48.7 Å². The number of benzene rings is 1. The number of nitrogens with one attached hydrogen (secondary N) is 1. The number of pyridine rings is 1. The molecule has 1 N–H and O–H groups in total. The minimum Gasteiger partial charge on any atom is -0.322 e. The molecule has 0 aliphatic heterocycles.